The number of nitrogens with zero attached hydrogens (tertiary/aromatic N) is 1. The van der Waals surface area contributed by atoms with Gasteiger partial charge in [0.15, 0.2) is 4.96 Å². The predicted octanol–water partition coefficient (Wildman–Crippen LogP) is 2.13. The fraction of sp³-hybridized carbons (Fsp3) is 0.333. The summed E-state index contributed by atoms with van der Waals surface area (Å²) in [6.45, 7) is 0.800. The molecule has 0 fully saturated rings. The van der Waals surface area contributed by atoms with E-state index in [0.717, 1.165) is 6.54 Å². The highest BCUT2D eigenvalue weighted by atomic mass is 35.5. The van der Waals surface area contributed by atoms with Crippen LogP contribution < -0.4 is 0 Å². The topological polar surface area (TPSA) is 3.24 Å². The normalized spacial score (nSPS) is 17.4. The van der Waals surface area contributed by atoms with E-state index in [1.807, 2.05) is 29.3 Å². The summed E-state index contributed by atoms with van der Waals surface area (Å²) in [6.07, 6.45) is 7.73. The van der Waals surface area contributed by atoms with Gasteiger partial charge >= 0.3 is 0 Å². The van der Waals surface area contributed by atoms with Gasteiger partial charge < -0.3 is 4.90 Å². The van der Waals surface area contributed by atoms with E-state index in [4.69, 9.17) is 23.2 Å². The minimum Gasteiger partial charge on any atom is -0.346 e. The van der Waals surface area contributed by atoms with Crippen LogP contribution in [-0.2, 0) is 0 Å². The maximum atomic E-state index is 5.56. The number of halogens is 2. The van der Waals surface area contributed by atoms with Crippen molar-refractivity contribution < 1.29 is 0 Å². The summed E-state index contributed by atoms with van der Waals surface area (Å²) in [5, 5.41) is 0. The molecule has 0 amide bonds. The molecule has 1 nitrogen and oxygen atoms in total. The van der Waals surface area contributed by atoms with Crippen LogP contribution in [0.3, 0.4) is 0 Å². The summed E-state index contributed by atoms with van der Waals surface area (Å²) < 4.78 is 0. The minimum atomic E-state index is -0.425. The SMILES string of the molecule is ClC(Cl)N1C=CC=CC1. The van der Waals surface area contributed by atoms with Crippen LogP contribution in [0.15, 0.2) is 24.4 Å². The Kier molecular flexibility index (Phi) is 2.43. The highest BCUT2D eigenvalue weighted by Crippen LogP contribution is 2.11. The lowest BCUT2D eigenvalue weighted by atomic mass is 10.4. The second-order valence-electron chi connectivity index (χ2n) is 1.74. The lowest BCUT2D eigenvalue weighted by molar-refractivity contribution is 0.451. The third kappa shape index (κ3) is 1.92. The molecule has 0 N–H and O–H groups in total. The zero-order valence-electron chi connectivity index (χ0n) is 4.80. The summed E-state index contributed by atoms with van der Waals surface area (Å²) in [6, 6.07) is 0. The van der Waals surface area contributed by atoms with Crippen molar-refractivity contribution in [1.82, 2.24) is 4.90 Å². The van der Waals surface area contributed by atoms with Crippen LogP contribution in [-0.4, -0.2) is 16.4 Å². The monoisotopic (exact) mass is 163 g/mol. The molecular weight excluding hydrogens is 157 g/mol. The number of rotatable bonds is 1. The molecule has 0 saturated heterocycles. The Labute approximate surface area is 64.5 Å². The highest BCUT2D eigenvalue weighted by molar-refractivity contribution is 6.43. The smallest absolute Gasteiger partial charge is 0.179 e. The van der Waals surface area contributed by atoms with Crippen molar-refractivity contribution in [2.45, 2.75) is 4.96 Å². The second kappa shape index (κ2) is 3.14. The number of allylic oxidation sites excluding steroid dienone is 2. The van der Waals surface area contributed by atoms with Crippen molar-refractivity contribution in [3.63, 3.8) is 0 Å². The lowest BCUT2D eigenvalue weighted by Crippen LogP contribution is -2.22. The molecule has 1 rings (SSSR count). The van der Waals surface area contributed by atoms with Gasteiger partial charge in [-0.15, -0.1) is 0 Å². The quantitative estimate of drug-likeness (QED) is 0.423. The van der Waals surface area contributed by atoms with Crippen molar-refractivity contribution in [1.29, 1.82) is 0 Å². The van der Waals surface area contributed by atoms with Gasteiger partial charge in [-0.25, -0.2) is 0 Å². The maximum Gasteiger partial charge on any atom is 0.179 e. The van der Waals surface area contributed by atoms with E-state index in [1.165, 1.54) is 0 Å². The first kappa shape index (κ1) is 6.97. The van der Waals surface area contributed by atoms with E-state index in [0.29, 0.717) is 0 Å². The molecule has 9 heavy (non-hydrogen) atoms. The van der Waals surface area contributed by atoms with Crippen LogP contribution in [0.25, 0.3) is 0 Å². The second-order valence-corrected chi connectivity index (χ2v) is 2.79. The molecular formula is C6H7Cl2N. The van der Waals surface area contributed by atoms with Gasteiger partial charge in [-0.2, -0.15) is 0 Å². The Bertz CT molecular complexity index is 140. The highest BCUT2D eigenvalue weighted by Gasteiger charge is 2.06. The van der Waals surface area contributed by atoms with Gasteiger partial charge in [-0.1, -0.05) is 35.4 Å². The van der Waals surface area contributed by atoms with E-state index >= 15 is 0 Å². The van der Waals surface area contributed by atoms with Crippen LogP contribution >= 0.6 is 23.2 Å². The number of hydrogen-bond donors (Lipinski definition) is 0. The summed E-state index contributed by atoms with van der Waals surface area (Å²) in [7, 11) is 0. The van der Waals surface area contributed by atoms with E-state index in [-0.39, 0.29) is 0 Å². The fourth-order valence-electron chi connectivity index (χ4n) is 0.627. The molecule has 1 aliphatic rings. The van der Waals surface area contributed by atoms with Crippen molar-refractivity contribution >= 4 is 23.2 Å². The zero-order valence-corrected chi connectivity index (χ0v) is 6.31. The van der Waals surface area contributed by atoms with Crippen LogP contribution in [0.4, 0.5) is 0 Å². The summed E-state index contributed by atoms with van der Waals surface area (Å²) in [4.78, 5) is 1.40. The van der Waals surface area contributed by atoms with Gasteiger partial charge in [0.25, 0.3) is 0 Å². The average Bonchev–Trinajstić information content (AvgIpc) is 1.90. The van der Waals surface area contributed by atoms with Gasteiger partial charge in [-0.05, 0) is 6.08 Å². The zero-order chi connectivity index (χ0) is 6.69. The molecule has 0 bridgehead atoms. The Morgan fingerprint density at radius 2 is 2.11 bits per heavy atom. The fourth-order valence-corrected chi connectivity index (χ4v) is 0.916. The van der Waals surface area contributed by atoms with E-state index in [9.17, 15) is 0 Å². The van der Waals surface area contributed by atoms with Gasteiger partial charge in [0.2, 0.25) is 0 Å². The standard InChI is InChI=1S/C6H7Cl2N/c7-6(8)9-4-2-1-3-5-9/h1-4,6H,5H2. The van der Waals surface area contributed by atoms with Crippen molar-refractivity contribution in [2.24, 2.45) is 0 Å². The molecule has 0 spiro atoms. The van der Waals surface area contributed by atoms with Crippen LogP contribution in [0.2, 0.25) is 0 Å². The van der Waals surface area contributed by atoms with E-state index in [1.54, 1.807) is 0 Å². The third-order valence-electron chi connectivity index (χ3n) is 1.09. The molecule has 3 heteroatoms. The Balaban J connectivity index is 2.46. The average molecular weight is 164 g/mol. The first-order valence-corrected chi connectivity index (χ1v) is 3.55. The minimum absolute atomic E-state index is 0.425. The molecule has 0 unspecified atom stereocenters. The molecule has 0 aromatic heterocycles. The number of hydrogen-bond acceptors (Lipinski definition) is 1. The van der Waals surface area contributed by atoms with Crippen LogP contribution in [0.5, 0.6) is 0 Å². The molecule has 0 atom stereocenters. The lowest BCUT2D eigenvalue weighted by Gasteiger charge is -2.20. The van der Waals surface area contributed by atoms with Crippen molar-refractivity contribution in [3.8, 4) is 0 Å². The summed E-state index contributed by atoms with van der Waals surface area (Å²) >= 11 is 11.1. The molecule has 0 aliphatic carbocycles. The van der Waals surface area contributed by atoms with Crippen molar-refractivity contribution in [2.75, 3.05) is 6.54 Å². The van der Waals surface area contributed by atoms with Gasteiger partial charge in [0.1, 0.15) is 0 Å². The summed E-state index contributed by atoms with van der Waals surface area (Å²) in [5.41, 5.74) is 0. The summed E-state index contributed by atoms with van der Waals surface area (Å²) in [5.74, 6) is 0. The third-order valence-corrected chi connectivity index (χ3v) is 1.59. The first-order valence-electron chi connectivity index (χ1n) is 2.68. The largest absolute Gasteiger partial charge is 0.346 e. The van der Waals surface area contributed by atoms with E-state index < -0.39 is 4.96 Å². The number of alkyl halides is 2. The van der Waals surface area contributed by atoms with Crippen LogP contribution in [0.1, 0.15) is 0 Å². The van der Waals surface area contributed by atoms with Crippen LogP contribution in [0, 0.1) is 0 Å². The van der Waals surface area contributed by atoms with Crippen molar-refractivity contribution in [3.05, 3.63) is 24.4 Å². The predicted molar refractivity (Wildman–Crippen MR) is 40.5 cm³/mol. The first-order chi connectivity index (χ1) is 4.30. The van der Waals surface area contributed by atoms with Gasteiger partial charge in [0.05, 0.1) is 0 Å². The molecule has 1 aliphatic heterocycles. The Hall–Kier alpha value is -0.140. The Morgan fingerprint density at radius 1 is 1.33 bits per heavy atom. The van der Waals surface area contributed by atoms with Gasteiger partial charge in [0, 0.05) is 12.7 Å². The molecule has 0 aromatic rings. The molecule has 0 saturated carbocycles. The molecule has 50 valence electrons. The molecule has 1 heterocycles. The van der Waals surface area contributed by atoms with E-state index in [2.05, 4.69) is 0 Å². The molecule has 0 radical (unpaired) electrons. The molecule has 0 aromatic carbocycles. The van der Waals surface area contributed by atoms with Gasteiger partial charge in [-0.3, -0.25) is 0 Å². The maximum absolute atomic E-state index is 5.56. The Morgan fingerprint density at radius 3 is 2.44 bits per heavy atom.